The van der Waals surface area contributed by atoms with Crippen molar-refractivity contribution in [1.29, 1.82) is 0 Å². The summed E-state index contributed by atoms with van der Waals surface area (Å²) in [6.07, 6.45) is 37.3. The summed E-state index contributed by atoms with van der Waals surface area (Å²) in [6, 6.07) is 0. The minimum atomic E-state index is -0.915. The Morgan fingerprint density at radius 3 is 0.731 bits per heavy atom. The van der Waals surface area contributed by atoms with E-state index in [1.54, 1.807) is 0 Å². The van der Waals surface area contributed by atoms with E-state index in [1.807, 2.05) is 0 Å². The van der Waals surface area contributed by atoms with Crippen molar-refractivity contribution in [2.75, 3.05) is 37.1 Å². The van der Waals surface area contributed by atoms with Gasteiger partial charge in [-0.05, 0) is 19.3 Å². The summed E-state index contributed by atoms with van der Waals surface area (Å²) in [7, 11) is 0. The first kappa shape index (κ1) is 51.9. The van der Waals surface area contributed by atoms with E-state index in [1.165, 1.54) is 188 Å². The van der Waals surface area contributed by atoms with Crippen LogP contribution in [-0.2, 0) is 28.6 Å². The Balaban J connectivity index is 4.32. The van der Waals surface area contributed by atoms with E-state index >= 15 is 0 Å². The second-order valence-electron chi connectivity index (χ2n) is 14.3. The van der Waals surface area contributed by atoms with Gasteiger partial charge >= 0.3 is 17.9 Å². The second-order valence-corrected chi connectivity index (χ2v) is 24.0. The van der Waals surface area contributed by atoms with Crippen molar-refractivity contribution in [2.24, 2.45) is 0 Å². The van der Waals surface area contributed by atoms with Crippen LogP contribution in [0.5, 0.6) is 0 Å². The third-order valence-corrected chi connectivity index (χ3v) is 19.6. The summed E-state index contributed by atoms with van der Waals surface area (Å²) in [4.78, 5) is 37.5. The maximum atomic E-state index is 12.5. The molecular weight excluding hydrogens is 728 g/mol. The van der Waals surface area contributed by atoms with Gasteiger partial charge in [-0.1, -0.05) is 194 Å². The van der Waals surface area contributed by atoms with Gasteiger partial charge in [0.15, 0.2) is 0 Å². The van der Waals surface area contributed by atoms with Crippen molar-refractivity contribution in [3.63, 3.8) is 0 Å². The molecule has 0 spiro atoms. The van der Waals surface area contributed by atoms with Crippen LogP contribution >= 0.6 is 39.7 Å². The molecule has 0 N–H and O–H groups in total. The third-order valence-electron chi connectivity index (χ3n) is 9.15. The van der Waals surface area contributed by atoms with Crippen molar-refractivity contribution in [2.45, 2.75) is 213 Å². The molecule has 0 amide bonds. The normalized spacial score (nSPS) is 11.3. The monoisotopic (exact) mass is 808 g/mol. The van der Waals surface area contributed by atoms with Crippen LogP contribution in [0.3, 0.4) is 0 Å². The molecule has 10 heteroatoms. The first-order chi connectivity index (χ1) is 25.5. The van der Waals surface area contributed by atoms with Gasteiger partial charge in [0.25, 0.3) is 0 Å². The summed E-state index contributed by atoms with van der Waals surface area (Å²) in [6.45, 7) is 8.14. The summed E-state index contributed by atoms with van der Waals surface area (Å²) in [5, 5.41) is 0. The van der Waals surface area contributed by atoms with E-state index in [4.69, 9.17) is 14.2 Å². The van der Waals surface area contributed by atoms with Crippen LogP contribution in [0.15, 0.2) is 0 Å². The van der Waals surface area contributed by atoms with E-state index in [9.17, 15) is 14.4 Å². The Morgan fingerprint density at radius 2 is 0.519 bits per heavy atom. The first-order valence-electron chi connectivity index (χ1n) is 21.7. The van der Waals surface area contributed by atoms with Gasteiger partial charge in [-0.3, -0.25) is 14.4 Å². The van der Waals surface area contributed by atoms with Crippen LogP contribution in [0, 0.1) is 0 Å². The molecule has 0 saturated heterocycles. The zero-order chi connectivity index (χ0) is 38.0. The van der Waals surface area contributed by atoms with Crippen LogP contribution in [0.2, 0.25) is 0 Å². The van der Waals surface area contributed by atoms with Gasteiger partial charge in [0.2, 0.25) is 0 Å². The molecule has 308 valence electrons. The molecule has 0 aliphatic rings. The lowest BCUT2D eigenvalue weighted by Gasteiger charge is -2.15. The van der Waals surface area contributed by atoms with Gasteiger partial charge < -0.3 is 14.2 Å². The van der Waals surface area contributed by atoms with Gasteiger partial charge in [-0.2, -0.15) is 0 Å². The van der Waals surface area contributed by atoms with Crippen molar-refractivity contribution in [3.05, 3.63) is 0 Å². The van der Waals surface area contributed by atoms with Gasteiger partial charge in [0, 0.05) is 0 Å². The maximum Gasteiger partial charge on any atom is 0.316 e. The Bertz CT molecular complexity index is 691. The SMILES string of the molecule is CCCCCCCCCCCCOC(=O)CSP(SCC(=O)OCCCCCCCCCCCC)SCC(=O)OCCCCCCCCCCCC. The zero-order valence-electron chi connectivity index (χ0n) is 34.1. The number of hydrogen-bond donors (Lipinski definition) is 0. The Labute approximate surface area is 335 Å². The molecule has 0 unspecified atom stereocenters. The fourth-order valence-electron chi connectivity index (χ4n) is 5.88. The van der Waals surface area contributed by atoms with Gasteiger partial charge in [0.1, 0.15) is 0 Å². The number of carbonyl (C=O) groups is 3. The largest absolute Gasteiger partial charge is 0.465 e. The minimum Gasteiger partial charge on any atom is -0.465 e. The summed E-state index contributed by atoms with van der Waals surface area (Å²) in [5.74, 6) is 0.0189. The quantitative estimate of drug-likeness (QED) is 0.0259. The molecule has 0 aromatic heterocycles. The Kier molecular flexibility index (Phi) is 43.5. The smallest absolute Gasteiger partial charge is 0.316 e. The molecule has 0 radical (unpaired) electrons. The van der Waals surface area contributed by atoms with E-state index in [-0.39, 0.29) is 35.2 Å². The van der Waals surface area contributed by atoms with Crippen LogP contribution in [0.1, 0.15) is 213 Å². The molecule has 6 nitrogen and oxygen atoms in total. The van der Waals surface area contributed by atoms with Crippen LogP contribution in [-0.4, -0.2) is 55.0 Å². The first-order valence-corrected chi connectivity index (χ1v) is 27.8. The Morgan fingerprint density at radius 1 is 0.327 bits per heavy atom. The van der Waals surface area contributed by atoms with Crippen molar-refractivity contribution < 1.29 is 28.6 Å². The highest BCUT2D eigenvalue weighted by molar-refractivity contribution is 9.12. The lowest BCUT2D eigenvalue weighted by Crippen LogP contribution is -2.10. The third kappa shape index (κ3) is 41.1. The fraction of sp³-hybridized carbons (Fsp3) is 0.929. The highest BCUT2D eigenvalue weighted by atomic mass is 33.4. The Hall–Kier alpha value is -0.110. The molecule has 0 heterocycles. The van der Waals surface area contributed by atoms with Crippen molar-refractivity contribution in [1.82, 2.24) is 0 Å². The average Bonchev–Trinajstić information content (AvgIpc) is 3.14. The number of ether oxygens (including phenoxy) is 3. The van der Waals surface area contributed by atoms with Crippen LogP contribution < -0.4 is 0 Å². The van der Waals surface area contributed by atoms with Gasteiger partial charge in [0.05, 0.1) is 42.6 Å². The standard InChI is InChI=1S/C42H81O6PS3/c1-4-7-10-13-16-19-22-25-28-31-34-46-40(43)37-50-49(51-38-41(44)47-35-32-29-26-23-20-17-14-11-8-5-2)52-39-42(45)48-36-33-30-27-24-21-18-15-12-9-6-3/h4-39H2,1-3H3. The number of esters is 3. The average molecular weight is 809 g/mol. The van der Waals surface area contributed by atoms with Crippen molar-refractivity contribution >= 4 is 57.6 Å². The predicted octanol–water partition coefficient (Wildman–Crippen LogP) is 14.8. The summed E-state index contributed by atoms with van der Waals surface area (Å²) >= 11 is 4.46. The molecule has 0 aromatic carbocycles. The molecule has 0 atom stereocenters. The van der Waals surface area contributed by atoms with Gasteiger partial charge in [-0.15, -0.1) is 34.1 Å². The molecule has 0 rings (SSSR count). The molecule has 52 heavy (non-hydrogen) atoms. The highest BCUT2D eigenvalue weighted by Gasteiger charge is 2.19. The number of unbranched alkanes of at least 4 members (excludes halogenated alkanes) is 27. The molecule has 0 saturated carbocycles. The molecule has 0 aliphatic carbocycles. The predicted molar refractivity (Wildman–Crippen MR) is 233 cm³/mol. The maximum absolute atomic E-state index is 12.5. The molecule has 0 bridgehead atoms. The molecule has 0 fully saturated rings. The fourth-order valence-corrected chi connectivity index (χ4v) is 14.4. The van der Waals surface area contributed by atoms with Crippen molar-refractivity contribution in [3.8, 4) is 0 Å². The highest BCUT2D eigenvalue weighted by Crippen LogP contribution is 2.70. The molecule has 0 aliphatic heterocycles. The topological polar surface area (TPSA) is 78.9 Å². The van der Waals surface area contributed by atoms with Crippen LogP contribution in [0.25, 0.3) is 0 Å². The van der Waals surface area contributed by atoms with E-state index in [0.29, 0.717) is 19.8 Å². The lowest BCUT2D eigenvalue weighted by atomic mass is 10.1. The molecular formula is C42H81O6PS3. The van der Waals surface area contributed by atoms with Gasteiger partial charge in [-0.25, -0.2) is 0 Å². The molecule has 0 aromatic rings. The number of hydrogen-bond acceptors (Lipinski definition) is 9. The number of rotatable bonds is 42. The minimum absolute atomic E-state index is 0.221. The number of carbonyl (C=O) groups excluding carboxylic acids is 3. The lowest BCUT2D eigenvalue weighted by molar-refractivity contribution is -0.141. The van der Waals surface area contributed by atoms with E-state index in [2.05, 4.69) is 20.8 Å². The summed E-state index contributed by atoms with van der Waals surface area (Å²) in [5.41, 5.74) is -0.915. The van der Waals surface area contributed by atoms with E-state index in [0.717, 1.165) is 38.5 Å². The van der Waals surface area contributed by atoms with Crippen LogP contribution in [0.4, 0.5) is 0 Å². The van der Waals surface area contributed by atoms with E-state index < -0.39 is 5.53 Å². The zero-order valence-corrected chi connectivity index (χ0v) is 37.4. The summed E-state index contributed by atoms with van der Waals surface area (Å²) < 4.78 is 16.5. The second kappa shape index (κ2) is 43.6.